The van der Waals surface area contributed by atoms with Crippen LogP contribution in [0.25, 0.3) is 0 Å². The summed E-state index contributed by atoms with van der Waals surface area (Å²) < 4.78 is 0. The molecular formula is C12H17N3O. The van der Waals surface area contributed by atoms with Gasteiger partial charge in [0.25, 0.3) is 5.91 Å². The molecule has 2 N–H and O–H groups in total. The van der Waals surface area contributed by atoms with Gasteiger partial charge in [-0.2, -0.15) is 0 Å². The first kappa shape index (κ1) is 10.9. The number of hydrogen-bond donors (Lipinski definition) is 1. The van der Waals surface area contributed by atoms with Crippen LogP contribution in [-0.4, -0.2) is 28.9 Å². The molecule has 16 heavy (non-hydrogen) atoms. The van der Waals surface area contributed by atoms with Crippen LogP contribution in [-0.2, 0) is 0 Å². The number of amides is 1. The molecular weight excluding hydrogens is 202 g/mol. The number of aromatic nitrogens is 1. The number of hydrogen-bond acceptors (Lipinski definition) is 3. The van der Waals surface area contributed by atoms with Gasteiger partial charge in [0.05, 0.1) is 0 Å². The highest BCUT2D eigenvalue weighted by molar-refractivity contribution is 5.94. The first-order chi connectivity index (χ1) is 7.70. The smallest absolute Gasteiger partial charge is 0.254 e. The van der Waals surface area contributed by atoms with E-state index in [1.165, 1.54) is 12.8 Å². The largest absolute Gasteiger partial charge is 0.384 e. The molecule has 1 aromatic rings. The maximum atomic E-state index is 12.1. The SMILES string of the molecule is CCN(CC1CC1)C(=O)c1ccnc(N)c1. The molecule has 0 radical (unpaired) electrons. The molecule has 0 atom stereocenters. The second-order valence-corrected chi connectivity index (χ2v) is 4.26. The van der Waals surface area contributed by atoms with Crippen LogP contribution in [0.4, 0.5) is 5.82 Å². The van der Waals surface area contributed by atoms with E-state index in [2.05, 4.69) is 4.98 Å². The van der Waals surface area contributed by atoms with Crippen molar-refractivity contribution in [1.82, 2.24) is 9.88 Å². The van der Waals surface area contributed by atoms with E-state index < -0.39 is 0 Å². The van der Waals surface area contributed by atoms with Crippen LogP contribution in [0.3, 0.4) is 0 Å². The zero-order valence-electron chi connectivity index (χ0n) is 9.52. The number of nitrogens with zero attached hydrogens (tertiary/aromatic N) is 2. The van der Waals surface area contributed by atoms with Gasteiger partial charge in [0.2, 0.25) is 0 Å². The molecule has 0 spiro atoms. The normalized spacial score (nSPS) is 14.8. The van der Waals surface area contributed by atoms with Gasteiger partial charge in [-0.3, -0.25) is 4.79 Å². The Labute approximate surface area is 95.5 Å². The number of carbonyl (C=O) groups excluding carboxylic acids is 1. The highest BCUT2D eigenvalue weighted by atomic mass is 16.2. The minimum atomic E-state index is 0.0588. The fourth-order valence-electron chi connectivity index (χ4n) is 1.73. The summed E-state index contributed by atoms with van der Waals surface area (Å²) in [6.07, 6.45) is 4.08. The van der Waals surface area contributed by atoms with Crippen molar-refractivity contribution in [2.45, 2.75) is 19.8 Å². The first-order valence-electron chi connectivity index (χ1n) is 5.71. The molecule has 0 unspecified atom stereocenters. The third-order valence-electron chi connectivity index (χ3n) is 2.87. The van der Waals surface area contributed by atoms with Gasteiger partial charge in [0.1, 0.15) is 5.82 Å². The summed E-state index contributed by atoms with van der Waals surface area (Å²) in [5.41, 5.74) is 6.20. The quantitative estimate of drug-likeness (QED) is 0.835. The summed E-state index contributed by atoms with van der Waals surface area (Å²) in [6.45, 7) is 3.62. The summed E-state index contributed by atoms with van der Waals surface area (Å²) in [4.78, 5) is 17.9. The second-order valence-electron chi connectivity index (χ2n) is 4.26. The summed E-state index contributed by atoms with van der Waals surface area (Å²) >= 11 is 0. The first-order valence-corrected chi connectivity index (χ1v) is 5.71. The van der Waals surface area contributed by atoms with Crippen LogP contribution >= 0.6 is 0 Å². The highest BCUT2D eigenvalue weighted by Crippen LogP contribution is 2.30. The molecule has 1 aliphatic carbocycles. The lowest BCUT2D eigenvalue weighted by Gasteiger charge is -2.20. The van der Waals surface area contributed by atoms with Crippen LogP contribution in [0.1, 0.15) is 30.1 Å². The van der Waals surface area contributed by atoms with E-state index in [4.69, 9.17) is 5.73 Å². The molecule has 4 heteroatoms. The van der Waals surface area contributed by atoms with Crippen molar-refractivity contribution >= 4 is 11.7 Å². The van der Waals surface area contributed by atoms with E-state index in [0.717, 1.165) is 13.1 Å². The van der Waals surface area contributed by atoms with E-state index in [1.807, 2.05) is 11.8 Å². The summed E-state index contributed by atoms with van der Waals surface area (Å²) in [5, 5.41) is 0. The monoisotopic (exact) mass is 219 g/mol. The zero-order chi connectivity index (χ0) is 11.5. The van der Waals surface area contributed by atoms with Crippen molar-refractivity contribution in [3.63, 3.8) is 0 Å². The fraction of sp³-hybridized carbons (Fsp3) is 0.500. The molecule has 1 aromatic heterocycles. The van der Waals surface area contributed by atoms with Crippen molar-refractivity contribution in [2.75, 3.05) is 18.8 Å². The van der Waals surface area contributed by atoms with Crippen molar-refractivity contribution in [1.29, 1.82) is 0 Å². The Morgan fingerprint density at radius 3 is 2.94 bits per heavy atom. The van der Waals surface area contributed by atoms with Crippen molar-refractivity contribution in [2.24, 2.45) is 5.92 Å². The maximum Gasteiger partial charge on any atom is 0.254 e. The number of anilines is 1. The van der Waals surface area contributed by atoms with E-state index in [0.29, 0.717) is 17.3 Å². The van der Waals surface area contributed by atoms with Crippen LogP contribution < -0.4 is 5.73 Å². The Balaban J connectivity index is 2.09. The molecule has 1 fully saturated rings. The molecule has 0 saturated heterocycles. The standard InChI is InChI=1S/C12H17N3O/c1-2-15(8-9-3-4-9)12(16)10-5-6-14-11(13)7-10/h5-7,9H,2-4,8H2,1H3,(H2,13,14). The second kappa shape index (κ2) is 4.51. The van der Waals surface area contributed by atoms with Gasteiger partial charge < -0.3 is 10.6 Å². The maximum absolute atomic E-state index is 12.1. The lowest BCUT2D eigenvalue weighted by Crippen LogP contribution is -2.32. The van der Waals surface area contributed by atoms with Gasteiger partial charge in [-0.25, -0.2) is 4.98 Å². The lowest BCUT2D eigenvalue weighted by atomic mass is 10.2. The Kier molecular flexibility index (Phi) is 3.08. The fourth-order valence-corrected chi connectivity index (χ4v) is 1.73. The molecule has 1 heterocycles. The van der Waals surface area contributed by atoms with Crippen LogP contribution in [0.5, 0.6) is 0 Å². The number of nitrogens with two attached hydrogens (primary N) is 1. The van der Waals surface area contributed by atoms with Crippen LogP contribution in [0, 0.1) is 5.92 Å². The van der Waals surface area contributed by atoms with Gasteiger partial charge >= 0.3 is 0 Å². The van der Waals surface area contributed by atoms with Crippen molar-refractivity contribution < 1.29 is 4.79 Å². The van der Waals surface area contributed by atoms with E-state index in [1.54, 1.807) is 18.3 Å². The minimum Gasteiger partial charge on any atom is -0.384 e. The Morgan fingerprint density at radius 2 is 2.38 bits per heavy atom. The molecule has 0 bridgehead atoms. The third-order valence-corrected chi connectivity index (χ3v) is 2.87. The predicted octanol–water partition coefficient (Wildman–Crippen LogP) is 1.54. The van der Waals surface area contributed by atoms with E-state index in [9.17, 15) is 4.79 Å². The molecule has 2 rings (SSSR count). The molecule has 0 aliphatic heterocycles. The average Bonchev–Trinajstić information content (AvgIpc) is 3.09. The predicted molar refractivity (Wildman–Crippen MR) is 63.0 cm³/mol. The summed E-state index contributed by atoms with van der Waals surface area (Å²) in [7, 11) is 0. The molecule has 1 amide bonds. The van der Waals surface area contributed by atoms with Crippen molar-refractivity contribution in [3.8, 4) is 0 Å². The van der Waals surface area contributed by atoms with Gasteiger partial charge in [0, 0.05) is 24.8 Å². The molecule has 1 saturated carbocycles. The molecule has 86 valence electrons. The van der Waals surface area contributed by atoms with Gasteiger partial charge in [-0.05, 0) is 37.8 Å². The molecule has 4 nitrogen and oxygen atoms in total. The Morgan fingerprint density at radius 1 is 1.62 bits per heavy atom. The molecule has 1 aliphatic rings. The highest BCUT2D eigenvalue weighted by Gasteiger charge is 2.26. The number of rotatable bonds is 4. The van der Waals surface area contributed by atoms with Crippen LogP contribution in [0.15, 0.2) is 18.3 Å². The van der Waals surface area contributed by atoms with Gasteiger partial charge in [0.15, 0.2) is 0 Å². The number of nitrogen functional groups attached to an aromatic ring is 1. The van der Waals surface area contributed by atoms with Crippen LogP contribution in [0.2, 0.25) is 0 Å². The van der Waals surface area contributed by atoms with Gasteiger partial charge in [-0.1, -0.05) is 0 Å². The average molecular weight is 219 g/mol. The number of carbonyl (C=O) groups is 1. The lowest BCUT2D eigenvalue weighted by molar-refractivity contribution is 0.0757. The van der Waals surface area contributed by atoms with Crippen molar-refractivity contribution in [3.05, 3.63) is 23.9 Å². The summed E-state index contributed by atoms with van der Waals surface area (Å²) in [6, 6.07) is 3.35. The topological polar surface area (TPSA) is 59.2 Å². The van der Waals surface area contributed by atoms with Gasteiger partial charge in [-0.15, -0.1) is 0 Å². The molecule has 0 aromatic carbocycles. The zero-order valence-corrected chi connectivity index (χ0v) is 9.52. The Hall–Kier alpha value is -1.58. The van der Waals surface area contributed by atoms with E-state index in [-0.39, 0.29) is 5.91 Å². The Bertz CT molecular complexity index is 388. The number of pyridine rings is 1. The minimum absolute atomic E-state index is 0.0588. The third kappa shape index (κ3) is 2.51. The van der Waals surface area contributed by atoms with E-state index >= 15 is 0 Å². The summed E-state index contributed by atoms with van der Waals surface area (Å²) in [5.74, 6) is 1.17.